The van der Waals surface area contributed by atoms with E-state index < -0.39 is 0 Å². The van der Waals surface area contributed by atoms with Crippen LogP contribution in [-0.2, 0) is 6.54 Å². The molecular formula is C14H20N4O. The maximum atomic E-state index is 5.65. The molecule has 0 spiro atoms. The van der Waals surface area contributed by atoms with Gasteiger partial charge in [0.15, 0.2) is 5.76 Å². The Balaban J connectivity index is 1.66. The number of nitrogens with one attached hydrogen (secondary N) is 2. The Hall–Kier alpha value is -1.59. The Morgan fingerprint density at radius 1 is 1.32 bits per heavy atom. The Morgan fingerprint density at radius 3 is 2.89 bits per heavy atom. The molecule has 0 saturated carbocycles. The van der Waals surface area contributed by atoms with Crippen molar-refractivity contribution in [2.45, 2.75) is 32.7 Å². The molecule has 102 valence electrons. The number of aromatic amines is 1. The van der Waals surface area contributed by atoms with Crippen LogP contribution in [0.2, 0.25) is 0 Å². The maximum Gasteiger partial charge on any atom is 0.152 e. The van der Waals surface area contributed by atoms with Gasteiger partial charge in [-0.15, -0.1) is 0 Å². The van der Waals surface area contributed by atoms with Crippen LogP contribution in [0.4, 0.5) is 0 Å². The quantitative estimate of drug-likeness (QED) is 0.886. The van der Waals surface area contributed by atoms with Crippen molar-refractivity contribution in [3.8, 4) is 11.5 Å². The zero-order valence-corrected chi connectivity index (χ0v) is 11.3. The molecule has 2 aromatic heterocycles. The standard InChI is InChI=1S/C14H20N4O/c1-11-5-6-13(19-11)14-12(9-15-17-14)10-16-18-7-3-2-4-8-18/h5-6,9,16H,2-4,7-8,10H2,1H3,(H,15,17). The lowest BCUT2D eigenvalue weighted by atomic mass is 10.1. The molecule has 0 amide bonds. The molecule has 5 nitrogen and oxygen atoms in total. The fourth-order valence-corrected chi connectivity index (χ4v) is 2.48. The van der Waals surface area contributed by atoms with Crippen LogP contribution < -0.4 is 5.43 Å². The average molecular weight is 260 g/mol. The van der Waals surface area contributed by atoms with Crippen LogP contribution >= 0.6 is 0 Å². The minimum Gasteiger partial charge on any atom is -0.460 e. The zero-order valence-electron chi connectivity index (χ0n) is 11.3. The highest BCUT2D eigenvalue weighted by molar-refractivity contribution is 5.56. The molecule has 1 aliphatic rings. The largest absolute Gasteiger partial charge is 0.460 e. The fourth-order valence-electron chi connectivity index (χ4n) is 2.48. The number of aryl methyl sites for hydroxylation is 1. The van der Waals surface area contributed by atoms with Gasteiger partial charge < -0.3 is 4.42 Å². The van der Waals surface area contributed by atoms with E-state index in [0.717, 1.165) is 42.4 Å². The van der Waals surface area contributed by atoms with Crippen molar-refractivity contribution in [1.82, 2.24) is 20.6 Å². The van der Waals surface area contributed by atoms with Gasteiger partial charge in [0.2, 0.25) is 0 Å². The van der Waals surface area contributed by atoms with E-state index in [4.69, 9.17) is 4.42 Å². The molecule has 0 aliphatic carbocycles. The second-order valence-electron chi connectivity index (χ2n) is 5.06. The number of piperidine rings is 1. The predicted octanol–water partition coefficient (Wildman–Crippen LogP) is 2.47. The van der Waals surface area contributed by atoms with Crippen molar-refractivity contribution >= 4 is 0 Å². The van der Waals surface area contributed by atoms with Gasteiger partial charge in [0.1, 0.15) is 11.5 Å². The highest BCUT2D eigenvalue weighted by Gasteiger charge is 2.13. The third-order valence-electron chi connectivity index (χ3n) is 3.55. The van der Waals surface area contributed by atoms with Crippen LogP contribution in [0.3, 0.4) is 0 Å². The first-order valence-electron chi connectivity index (χ1n) is 6.90. The molecule has 0 bridgehead atoms. The Labute approximate surface area is 113 Å². The number of H-pyrrole nitrogens is 1. The molecule has 0 atom stereocenters. The van der Waals surface area contributed by atoms with E-state index in [1.807, 2.05) is 25.3 Å². The first-order valence-corrected chi connectivity index (χ1v) is 6.90. The Kier molecular flexibility index (Phi) is 3.66. The van der Waals surface area contributed by atoms with Gasteiger partial charge in [-0.2, -0.15) is 5.10 Å². The van der Waals surface area contributed by atoms with E-state index >= 15 is 0 Å². The highest BCUT2D eigenvalue weighted by Crippen LogP contribution is 2.23. The number of nitrogens with zero attached hydrogens (tertiary/aromatic N) is 2. The molecule has 2 N–H and O–H groups in total. The summed E-state index contributed by atoms with van der Waals surface area (Å²) in [6.07, 6.45) is 5.77. The van der Waals surface area contributed by atoms with E-state index in [1.54, 1.807) is 0 Å². The van der Waals surface area contributed by atoms with Crippen molar-refractivity contribution in [3.63, 3.8) is 0 Å². The van der Waals surface area contributed by atoms with Gasteiger partial charge >= 0.3 is 0 Å². The zero-order chi connectivity index (χ0) is 13.1. The summed E-state index contributed by atoms with van der Waals surface area (Å²) in [5.41, 5.74) is 5.58. The van der Waals surface area contributed by atoms with E-state index in [0.29, 0.717) is 0 Å². The molecule has 1 fully saturated rings. The minimum absolute atomic E-state index is 0.783. The van der Waals surface area contributed by atoms with E-state index in [9.17, 15) is 0 Å². The summed E-state index contributed by atoms with van der Waals surface area (Å²) < 4.78 is 5.65. The molecule has 5 heteroatoms. The van der Waals surface area contributed by atoms with Gasteiger partial charge in [0.05, 0.1) is 6.20 Å². The number of hydrogen-bond donors (Lipinski definition) is 2. The van der Waals surface area contributed by atoms with Crippen molar-refractivity contribution in [3.05, 3.63) is 29.7 Å². The molecule has 1 aliphatic heterocycles. The molecule has 0 aromatic carbocycles. The Morgan fingerprint density at radius 2 is 2.16 bits per heavy atom. The summed E-state index contributed by atoms with van der Waals surface area (Å²) in [5.74, 6) is 1.77. The number of aromatic nitrogens is 2. The molecule has 0 radical (unpaired) electrons. The Bertz CT molecular complexity index is 525. The van der Waals surface area contributed by atoms with E-state index in [-0.39, 0.29) is 0 Å². The van der Waals surface area contributed by atoms with E-state index in [2.05, 4.69) is 20.6 Å². The first kappa shape index (κ1) is 12.4. The van der Waals surface area contributed by atoms with Crippen LogP contribution in [0.1, 0.15) is 30.6 Å². The minimum atomic E-state index is 0.783. The molecule has 19 heavy (non-hydrogen) atoms. The van der Waals surface area contributed by atoms with Gasteiger partial charge in [-0.25, -0.2) is 5.01 Å². The maximum absolute atomic E-state index is 5.65. The van der Waals surface area contributed by atoms with Crippen molar-refractivity contribution in [1.29, 1.82) is 0 Å². The normalized spacial score (nSPS) is 16.9. The summed E-state index contributed by atoms with van der Waals surface area (Å²) in [6.45, 7) is 5.00. The number of furan rings is 1. The van der Waals surface area contributed by atoms with Gasteiger partial charge in [-0.3, -0.25) is 10.5 Å². The molecule has 1 saturated heterocycles. The lowest BCUT2D eigenvalue weighted by Crippen LogP contribution is -2.41. The van der Waals surface area contributed by atoms with E-state index in [1.165, 1.54) is 19.3 Å². The highest BCUT2D eigenvalue weighted by atomic mass is 16.3. The van der Waals surface area contributed by atoms with Crippen molar-refractivity contribution in [2.24, 2.45) is 0 Å². The topological polar surface area (TPSA) is 57.1 Å². The monoisotopic (exact) mass is 260 g/mol. The molecular weight excluding hydrogens is 240 g/mol. The van der Waals surface area contributed by atoms with Crippen LogP contribution in [0.5, 0.6) is 0 Å². The summed E-state index contributed by atoms with van der Waals surface area (Å²) in [6, 6.07) is 3.95. The number of hydrogen-bond acceptors (Lipinski definition) is 4. The lowest BCUT2D eigenvalue weighted by molar-refractivity contribution is 0.151. The fraction of sp³-hybridized carbons (Fsp3) is 0.500. The molecule has 3 rings (SSSR count). The summed E-state index contributed by atoms with van der Waals surface area (Å²) in [5, 5.41) is 9.45. The van der Waals surface area contributed by atoms with Gasteiger partial charge in [-0.05, 0) is 31.9 Å². The summed E-state index contributed by atoms with van der Waals surface area (Å²) in [7, 11) is 0. The average Bonchev–Trinajstić information content (AvgIpc) is 3.06. The number of hydrazine groups is 1. The lowest BCUT2D eigenvalue weighted by Gasteiger charge is -2.26. The molecule has 3 heterocycles. The van der Waals surface area contributed by atoms with Crippen LogP contribution in [0.25, 0.3) is 11.5 Å². The third kappa shape index (κ3) is 2.88. The SMILES string of the molecule is Cc1ccc(-c2[nH]ncc2CNN2CCCCC2)o1. The van der Waals surface area contributed by atoms with Gasteiger partial charge in [-0.1, -0.05) is 6.42 Å². The second kappa shape index (κ2) is 5.59. The van der Waals surface area contributed by atoms with Crippen molar-refractivity contribution < 1.29 is 4.42 Å². The van der Waals surface area contributed by atoms with Crippen molar-refractivity contribution in [2.75, 3.05) is 13.1 Å². The summed E-state index contributed by atoms with van der Waals surface area (Å²) in [4.78, 5) is 0. The molecule has 2 aromatic rings. The van der Waals surface area contributed by atoms with Gasteiger partial charge in [0, 0.05) is 25.2 Å². The summed E-state index contributed by atoms with van der Waals surface area (Å²) >= 11 is 0. The predicted molar refractivity (Wildman–Crippen MR) is 73.3 cm³/mol. The van der Waals surface area contributed by atoms with Gasteiger partial charge in [0.25, 0.3) is 0 Å². The van der Waals surface area contributed by atoms with Crippen LogP contribution in [0.15, 0.2) is 22.7 Å². The first-order chi connectivity index (χ1) is 9.33. The smallest absolute Gasteiger partial charge is 0.152 e. The second-order valence-corrected chi connectivity index (χ2v) is 5.06. The third-order valence-corrected chi connectivity index (χ3v) is 3.55. The number of rotatable bonds is 4. The molecule has 0 unspecified atom stereocenters. The van der Waals surface area contributed by atoms with Crippen LogP contribution in [0, 0.1) is 6.92 Å². The van der Waals surface area contributed by atoms with Crippen LogP contribution in [-0.4, -0.2) is 28.3 Å².